The third kappa shape index (κ3) is 5.06. The topological polar surface area (TPSA) is 65.5 Å². The van der Waals surface area contributed by atoms with E-state index in [1.54, 1.807) is 13.8 Å². The maximum atomic E-state index is 12.8. The number of esters is 2. The van der Waals surface area contributed by atoms with Crippen molar-refractivity contribution in [1.29, 1.82) is 0 Å². The Bertz CT molecular complexity index is 855. The minimum atomic E-state index is -0.404. The van der Waals surface area contributed by atoms with Crippen LogP contribution in [0.3, 0.4) is 0 Å². The van der Waals surface area contributed by atoms with E-state index < -0.39 is 5.97 Å². The van der Waals surface area contributed by atoms with Gasteiger partial charge in [0.25, 0.3) is 0 Å². The van der Waals surface area contributed by atoms with E-state index in [2.05, 4.69) is 15.9 Å². The number of rotatable bonds is 6. The van der Waals surface area contributed by atoms with Gasteiger partial charge in [0.05, 0.1) is 30.0 Å². The Hall–Kier alpha value is -1.95. The van der Waals surface area contributed by atoms with Crippen LogP contribution >= 0.6 is 15.9 Å². The van der Waals surface area contributed by atoms with Gasteiger partial charge in [0.15, 0.2) is 0 Å². The largest absolute Gasteiger partial charge is 0.466 e. The molecule has 1 aromatic heterocycles. The van der Waals surface area contributed by atoms with E-state index >= 15 is 0 Å². The summed E-state index contributed by atoms with van der Waals surface area (Å²) in [7, 11) is 0. The highest BCUT2D eigenvalue weighted by molar-refractivity contribution is 9.10. The summed E-state index contributed by atoms with van der Waals surface area (Å²) in [5, 5.41) is 0.846. The van der Waals surface area contributed by atoms with Crippen LogP contribution in [0.5, 0.6) is 0 Å². The van der Waals surface area contributed by atoms with E-state index in [9.17, 15) is 9.59 Å². The van der Waals surface area contributed by atoms with Gasteiger partial charge in [-0.15, -0.1) is 0 Å². The number of carbonyl (C=O) groups is 2. The number of fused-ring (bicyclic) bond motifs is 1. The fraction of sp³-hybridized carbons (Fsp3) is 0.476. The molecule has 0 aliphatic rings. The van der Waals surface area contributed by atoms with Crippen LogP contribution in [0.1, 0.15) is 62.7 Å². The van der Waals surface area contributed by atoms with Crippen LogP contribution in [0.15, 0.2) is 22.7 Å². The van der Waals surface area contributed by atoms with Crippen molar-refractivity contribution in [1.82, 2.24) is 4.98 Å². The van der Waals surface area contributed by atoms with E-state index in [4.69, 9.17) is 14.5 Å². The summed E-state index contributed by atoms with van der Waals surface area (Å²) in [6, 6.07) is 5.75. The highest BCUT2D eigenvalue weighted by Crippen LogP contribution is 2.33. The van der Waals surface area contributed by atoms with Crippen molar-refractivity contribution in [3.8, 4) is 0 Å². The molecule has 1 aromatic carbocycles. The first-order valence-electron chi connectivity index (χ1n) is 9.14. The molecule has 2 rings (SSSR count). The molecule has 2 aromatic rings. The Labute approximate surface area is 168 Å². The van der Waals surface area contributed by atoms with Crippen LogP contribution in [-0.4, -0.2) is 30.1 Å². The monoisotopic (exact) mass is 435 g/mol. The Kier molecular flexibility index (Phi) is 6.98. The second kappa shape index (κ2) is 8.83. The Balaban J connectivity index is 2.73. The average molecular weight is 436 g/mol. The van der Waals surface area contributed by atoms with Gasteiger partial charge in [0, 0.05) is 21.7 Å². The van der Waals surface area contributed by atoms with Crippen molar-refractivity contribution in [2.75, 3.05) is 13.2 Å². The molecule has 0 fully saturated rings. The summed E-state index contributed by atoms with van der Waals surface area (Å²) in [5.74, 6) is -0.690. The van der Waals surface area contributed by atoms with Gasteiger partial charge in [0.1, 0.15) is 0 Å². The molecule has 0 aliphatic heterocycles. The van der Waals surface area contributed by atoms with Gasteiger partial charge in [-0.3, -0.25) is 9.78 Å². The summed E-state index contributed by atoms with van der Waals surface area (Å²) in [6.45, 7) is 10.2. The predicted octanol–water partition coefficient (Wildman–Crippen LogP) is 4.97. The number of pyridine rings is 1. The molecule has 6 heteroatoms. The molecular formula is C21H26BrNO4. The van der Waals surface area contributed by atoms with Crippen molar-refractivity contribution in [3.63, 3.8) is 0 Å². The average Bonchev–Trinajstić information content (AvgIpc) is 2.58. The number of hydrogen-bond donors (Lipinski definition) is 0. The van der Waals surface area contributed by atoms with Crippen molar-refractivity contribution in [2.45, 2.75) is 52.9 Å². The number of nitrogens with zero attached hydrogens (tertiary/aromatic N) is 1. The summed E-state index contributed by atoms with van der Waals surface area (Å²) in [6.07, 6.45) is 0.579. The van der Waals surface area contributed by atoms with Gasteiger partial charge in [-0.25, -0.2) is 4.79 Å². The number of benzene rings is 1. The predicted molar refractivity (Wildman–Crippen MR) is 109 cm³/mol. The van der Waals surface area contributed by atoms with Crippen LogP contribution in [0.4, 0.5) is 0 Å². The number of halogens is 1. The summed E-state index contributed by atoms with van der Waals surface area (Å²) in [5.41, 5.74) is 2.33. The Morgan fingerprint density at radius 2 is 1.78 bits per heavy atom. The highest BCUT2D eigenvalue weighted by Gasteiger charge is 2.29. The lowest BCUT2D eigenvalue weighted by molar-refractivity contribution is -0.143. The number of aromatic nitrogens is 1. The fourth-order valence-electron chi connectivity index (χ4n) is 2.99. The molecule has 0 saturated heterocycles. The third-order valence-corrected chi connectivity index (χ3v) is 4.62. The van der Waals surface area contributed by atoms with Gasteiger partial charge < -0.3 is 9.47 Å². The summed E-state index contributed by atoms with van der Waals surface area (Å²) < 4.78 is 11.3. The van der Waals surface area contributed by atoms with Crippen molar-refractivity contribution in [2.24, 2.45) is 0 Å². The molecule has 27 heavy (non-hydrogen) atoms. The molecule has 146 valence electrons. The lowest BCUT2D eigenvalue weighted by Crippen LogP contribution is -2.23. The summed E-state index contributed by atoms with van der Waals surface area (Å²) in [4.78, 5) is 29.5. The van der Waals surface area contributed by atoms with Crippen molar-refractivity contribution < 1.29 is 19.1 Å². The molecule has 0 N–H and O–H groups in total. The number of ether oxygens (including phenoxy) is 2. The second-order valence-electron chi connectivity index (χ2n) is 7.25. The molecule has 0 bridgehead atoms. The molecule has 0 atom stereocenters. The van der Waals surface area contributed by atoms with Gasteiger partial charge in [0.2, 0.25) is 0 Å². The smallest absolute Gasteiger partial charge is 0.340 e. The maximum Gasteiger partial charge on any atom is 0.340 e. The molecule has 0 radical (unpaired) electrons. The molecule has 0 aliphatic carbocycles. The second-order valence-corrected chi connectivity index (χ2v) is 8.17. The summed E-state index contributed by atoms with van der Waals surface area (Å²) >= 11 is 3.48. The van der Waals surface area contributed by atoms with Crippen LogP contribution in [0.2, 0.25) is 0 Å². The van der Waals surface area contributed by atoms with Crippen LogP contribution in [0.25, 0.3) is 10.9 Å². The molecule has 5 nitrogen and oxygen atoms in total. The number of carbonyl (C=O) groups excluding carboxylic acids is 2. The van der Waals surface area contributed by atoms with Crippen LogP contribution in [0, 0.1) is 0 Å². The highest BCUT2D eigenvalue weighted by atomic mass is 79.9. The third-order valence-electron chi connectivity index (χ3n) is 4.13. The normalized spacial score (nSPS) is 11.5. The first-order valence-corrected chi connectivity index (χ1v) is 9.93. The quantitative estimate of drug-likeness (QED) is 0.599. The lowest BCUT2D eigenvalue weighted by atomic mass is 9.84. The maximum absolute atomic E-state index is 12.8. The zero-order chi connectivity index (χ0) is 20.2. The van der Waals surface area contributed by atoms with Gasteiger partial charge in [-0.1, -0.05) is 42.8 Å². The number of hydrogen-bond acceptors (Lipinski definition) is 5. The Morgan fingerprint density at radius 1 is 1.11 bits per heavy atom. The minimum absolute atomic E-state index is 0.193. The van der Waals surface area contributed by atoms with Crippen LogP contribution in [-0.2, 0) is 26.1 Å². The zero-order valence-corrected chi connectivity index (χ0v) is 18.1. The fourth-order valence-corrected chi connectivity index (χ4v) is 3.34. The molecule has 1 heterocycles. The van der Waals surface area contributed by atoms with Gasteiger partial charge in [-0.2, -0.15) is 0 Å². The van der Waals surface area contributed by atoms with Crippen LogP contribution < -0.4 is 0 Å². The molecule has 0 spiro atoms. The lowest BCUT2D eigenvalue weighted by Gasteiger charge is -2.24. The van der Waals surface area contributed by atoms with E-state index in [1.165, 1.54) is 0 Å². The molecular weight excluding hydrogens is 410 g/mol. The standard InChI is InChI=1S/C21H26BrNO4/c1-6-26-17(24)11-10-15-14-9-8-13(22)12-16(14)23-19(21(3,4)5)18(15)20(25)27-7-2/h8-9,12H,6-7,10-11H2,1-5H3. The molecule has 0 amide bonds. The zero-order valence-electron chi connectivity index (χ0n) is 16.5. The van der Waals surface area contributed by atoms with E-state index in [-0.39, 0.29) is 24.4 Å². The number of aryl methyl sites for hydroxylation is 1. The van der Waals surface area contributed by atoms with Crippen molar-refractivity contribution in [3.05, 3.63) is 39.5 Å². The first-order chi connectivity index (χ1) is 12.7. The van der Waals surface area contributed by atoms with Gasteiger partial charge in [-0.05, 0) is 38.0 Å². The SMILES string of the molecule is CCOC(=O)CCc1c(C(=O)OCC)c(C(C)(C)C)nc2cc(Br)ccc12. The van der Waals surface area contributed by atoms with Crippen molar-refractivity contribution >= 4 is 38.8 Å². The molecule has 0 unspecified atom stereocenters. The Morgan fingerprint density at radius 3 is 2.37 bits per heavy atom. The van der Waals surface area contributed by atoms with E-state index in [0.717, 1.165) is 20.9 Å². The van der Waals surface area contributed by atoms with Gasteiger partial charge >= 0.3 is 11.9 Å². The first kappa shape index (κ1) is 21.4. The van der Waals surface area contributed by atoms with E-state index in [1.807, 2.05) is 39.0 Å². The minimum Gasteiger partial charge on any atom is -0.466 e. The van der Waals surface area contributed by atoms with E-state index in [0.29, 0.717) is 24.3 Å². The molecule has 0 saturated carbocycles.